The summed E-state index contributed by atoms with van der Waals surface area (Å²) < 4.78 is 12.0. The second-order valence-electron chi connectivity index (χ2n) is 6.74. The molecule has 1 N–H and O–H groups in total. The Kier molecular flexibility index (Phi) is 5.36. The van der Waals surface area contributed by atoms with Crippen LogP contribution in [-0.2, 0) is 0 Å². The van der Waals surface area contributed by atoms with E-state index in [0.29, 0.717) is 45.3 Å². The minimum atomic E-state index is -0.346. The highest BCUT2D eigenvalue weighted by Gasteiger charge is 2.15. The number of fused-ring (bicyclic) bond motifs is 1. The van der Waals surface area contributed by atoms with E-state index in [9.17, 15) is 9.59 Å². The van der Waals surface area contributed by atoms with E-state index in [2.05, 4.69) is 15.3 Å². The fourth-order valence-corrected chi connectivity index (χ4v) is 3.34. The number of nitrogens with one attached hydrogen (secondary N) is 1. The van der Waals surface area contributed by atoms with Crippen LogP contribution in [0.5, 0.6) is 11.5 Å². The molecule has 156 valence electrons. The van der Waals surface area contributed by atoms with Gasteiger partial charge in [-0.25, -0.2) is 9.97 Å². The summed E-state index contributed by atoms with van der Waals surface area (Å²) in [6.07, 6.45) is 1.60. The Morgan fingerprint density at radius 1 is 1.03 bits per heavy atom. The first-order valence-corrected chi connectivity index (χ1v) is 9.50. The molecule has 0 unspecified atom stereocenters. The summed E-state index contributed by atoms with van der Waals surface area (Å²) in [5.74, 6) is 1.13. The van der Waals surface area contributed by atoms with Gasteiger partial charge >= 0.3 is 0 Å². The van der Waals surface area contributed by atoms with Crippen molar-refractivity contribution in [3.8, 4) is 17.2 Å². The van der Waals surface area contributed by atoms with Crippen LogP contribution in [0.1, 0.15) is 16.2 Å². The molecule has 31 heavy (non-hydrogen) atoms. The van der Waals surface area contributed by atoms with Crippen LogP contribution in [0.2, 0.25) is 0 Å². The number of carbonyl (C=O) groups is 1. The molecule has 0 radical (unpaired) electrons. The van der Waals surface area contributed by atoms with Crippen LogP contribution in [0.4, 0.5) is 5.69 Å². The molecule has 0 bridgehead atoms. The van der Waals surface area contributed by atoms with Crippen molar-refractivity contribution in [2.45, 2.75) is 6.92 Å². The fourth-order valence-electron chi connectivity index (χ4n) is 3.34. The number of anilines is 1. The van der Waals surface area contributed by atoms with Crippen molar-refractivity contribution < 1.29 is 14.3 Å². The van der Waals surface area contributed by atoms with Gasteiger partial charge in [0.1, 0.15) is 17.3 Å². The standard InChI is InChI=1S/C23H20N4O4/c1-14-25-21-19(8-5-11-24-21)23(29)27(14)16-7-4-6-15(12-16)26-22(28)18-10-9-17(30-2)13-20(18)31-3/h4-13H,1-3H3,(H,26,28). The van der Waals surface area contributed by atoms with E-state index in [4.69, 9.17) is 9.47 Å². The molecule has 2 aromatic carbocycles. The van der Waals surface area contributed by atoms with Crippen molar-refractivity contribution in [2.24, 2.45) is 0 Å². The van der Waals surface area contributed by atoms with E-state index in [1.807, 2.05) is 0 Å². The zero-order chi connectivity index (χ0) is 22.0. The van der Waals surface area contributed by atoms with Crippen LogP contribution in [0, 0.1) is 6.92 Å². The van der Waals surface area contributed by atoms with Crippen molar-refractivity contribution in [1.29, 1.82) is 0 Å². The van der Waals surface area contributed by atoms with Gasteiger partial charge in [-0.2, -0.15) is 0 Å². The first kappa shape index (κ1) is 20.1. The number of hydrogen-bond acceptors (Lipinski definition) is 6. The molecule has 4 aromatic rings. The van der Waals surface area contributed by atoms with Crippen LogP contribution < -0.4 is 20.3 Å². The molecule has 0 saturated heterocycles. The average molecular weight is 416 g/mol. The Balaban J connectivity index is 1.70. The lowest BCUT2D eigenvalue weighted by atomic mass is 10.1. The maximum Gasteiger partial charge on any atom is 0.267 e. The minimum Gasteiger partial charge on any atom is -0.497 e. The monoisotopic (exact) mass is 416 g/mol. The average Bonchev–Trinajstić information content (AvgIpc) is 2.79. The van der Waals surface area contributed by atoms with Gasteiger partial charge in [-0.15, -0.1) is 0 Å². The van der Waals surface area contributed by atoms with Gasteiger partial charge in [0.25, 0.3) is 11.5 Å². The third kappa shape index (κ3) is 3.83. The van der Waals surface area contributed by atoms with Gasteiger partial charge < -0.3 is 14.8 Å². The number of ether oxygens (including phenoxy) is 2. The number of pyridine rings is 1. The number of aryl methyl sites for hydroxylation is 1. The summed E-state index contributed by atoms with van der Waals surface area (Å²) in [5.41, 5.74) is 1.65. The molecule has 2 aromatic heterocycles. The summed E-state index contributed by atoms with van der Waals surface area (Å²) in [6.45, 7) is 1.74. The molecule has 0 saturated carbocycles. The van der Waals surface area contributed by atoms with Crippen LogP contribution >= 0.6 is 0 Å². The van der Waals surface area contributed by atoms with Crippen LogP contribution in [-0.4, -0.2) is 34.7 Å². The van der Waals surface area contributed by atoms with Gasteiger partial charge in [0.15, 0.2) is 5.65 Å². The molecule has 8 nitrogen and oxygen atoms in total. The van der Waals surface area contributed by atoms with Gasteiger partial charge in [-0.3, -0.25) is 14.2 Å². The maximum atomic E-state index is 13.0. The summed E-state index contributed by atoms with van der Waals surface area (Å²) in [7, 11) is 3.03. The minimum absolute atomic E-state index is 0.226. The Bertz CT molecular complexity index is 1350. The zero-order valence-corrected chi connectivity index (χ0v) is 17.2. The summed E-state index contributed by atoms with van der Waals surface area (Å²) in [4.78, 5) is 34.4. The maximum absolute atomic E-state index is 13.0. The van der Waals surface area contributed by atoms with E-state index >= 15 is 0 Å². The number of methoxy groups -OCH3 is 2. The zero-order valence-electron chi connectivity index (χ0n) is 17.2. The molecule has 0 aliphatic rings. The molecular formula is C23H20N4O4. The Hall–Kier alpha value is -4.20. The number of hydrogen-bond donors (Lipinski definition) is 1. The Labute approximate surface area is 178 Å². The van der Waals surface area contributed by atoms with Crippen LogP contribution in [0.3, 0.4) is 0 Å². The highest BCUT2D eigenvalue weighted by molar-refractivity contribution is 6.06. The number of rotatable bonds is 5. The topological polar surface area (TPSA) is 95.3 Å². The summed E-state index contributed by atoms with van der Waals surface area (Å²) >= 11 is 0. The first-order valence-electron chi connectivity index (χ1n) is 9.50. The third-order valence-corrected chi connectivity index (χ3v) is 4.83. The second kappa shape index (κ2) is 8.27. The van der Waals surface area contributed by atoms with Gasteiger partial charge in [-0.1, -0.05) is 6.07 Å². The van der Waals surface area contributed by atoms with E-state index in [-0.39, 0.29) is 11.5 Å². The van der Waals surface area contributed by atoms with Crippen LogP contribution in [0.15, 0.2) is 65.6 Å². The highest BCUT2D eigenvalue weighted by Crippen LogP contribution is 2.26. The lowest BCUT2D eigenvalue weighted by molar-refractivity contribution is 0.102. The molecule has 0 aliphatic carbocycles. The number of carbonyl (C=O) groups excluding carboxylic acids is 1. The number of nitrogens with zero attached hydrogens (tertiary/aromatic N) is 3. The molecule has 1 amide bonds. The Morgan fingerprint density at radius 2 is 1.87 bits per heavy atom. The lowest BCUT2D eigenvalue weighted by Crippen LogP contribution is -2.23. The van der Waals surface area contributed by atoms with Crippen molar-refractivity contribution in [3.63, 3.8) is 0 Å². The van der Waals surface area contributed by atoms with E-state index < -0.39 is 0 Å². The summed E-state index contributed by atoms with van der Waals surface area (Å²) in [6, 6.07) is 15.3. The van der Waals surface area contributed by atoms with E-state index in [1.165, 1.54) is 11.7 Å². The third-order valence-electron chi connectivity index (χ3n) is 4.83. The predicted molar refractivity (Wildman–Crippen MR) is 117 cm³/mol. The first-order chi connectivity index (χ1) is 15.0. The van der Waals surface area contributed by atoms with Crippen molar-refractivity contribution in [1.82, 2.24) is 14.5 Å². The van der Waals surface area contributed by atoms with Crippen molar-refractivity contribution in [2.75, 3.05) is 19.5 Å². The summed E-state index contributed by atoms with van der Waals surface area (Å²) in [5, 5.41) is 3.27. The molecule has 0 fully saturated rings. The molecule has 8 heteroatoms. The van der Waals surface area contributed by atoms with Crippen LogP contribution in [0.25, 0.3) is 16.7 Å². The highest BCUT2D eigenvalue weighted by atomic mass is 16.5. The van der Waals surface area contributed by atoms with Crippen molar-refractivity contribution in [3.05, 3.63) is 82.5 Å². The lowest BCUT2D eigenvalue weighted by Gasteiger charge is -2.13. The fraction of sp³-hybridized carbons (Fsp3) is 0.130. The predicted octanol–water partition coefficient (Wildman–Crippen LogP) is 3.36. The second-order valence-corrected chi connectivity index (χ2v) is 6.74. The molecule has 4 rings (SSSR count). The largest absolute Gasteiger partial charge is 0.497 e. The molecule has 2 heterocycles. The van der Waals surface area contributed by atoms with E-state index in [1.54, 1.807) is 74.8 Å². The Morgan fingerprint density at radius 3 is 2.65 bits per heavy atom. The SMILES string of the molecule is COc1ccc(C(=O)Nc2cccc(-n3c(C)nc4ncccc4c3=O)c2)c(OC)c1. The molecule has 0 spiro atoms. The molecular weight excluding hydrogens is 396 g/mol. The van der Waals surface area contributed by atoms with Gasteiger partial charge in [0.05, 0.1) is 30.9 Å². The van der Waals surface area contributed by atoms with Gasteiger partial charge in [0.2, 0.25) is 0 Å². The molecule has 0 aliphatic heterocycles. The molecule has 0 atom stereocenters. The smallest absolute Gasteiger partial charge is 0.267 e. The quantitative estimate of drug-likeness (QED) is 0.536. The number of amides is 1. The normalized spacial score (nSPS) is 10.7. The van der Waals surface area contributed by atoms with E-state index in [0.717, 1.165) is 0 Å². The van der Waals surface area contributed by atoms with Crippen molar-refractivity contribution >= 4 is 22.6 Å². The number of aromatic nitrogens is 3. The number of benzene rings is 2. The van der Waals surface area contributed by atoms with Gasteiger partial charge in [0, 0.05) is 18.0 Å². The van der Waals surface area contributed by atoms with Gasteiger partial charge in [-0.05, 0) is 49.4 Å².